The highest BCUT2D eigenvalue weighted by Crippen LogP contribution is 2.29. The predicted octanol–water partition coefficient (Wildman–Crippen LogP) is 3.27. The van der Waals surface area contributed by atoms with E-state index in [9.17, 15) is 5.11 Å². The molecule has 4 heterocycles. The molecule has 0 saturated carbocycles. The van der Waals surface area contributed by atoms with Crippen LogP contribution in [0.25, 0.3) is 44.7 Å². The van der Waals surface area contributed by atoms with Crippen LogP contribution < -0.4 is 0 Å². The molecule has 0 fully saturated rings. The van der Waals surface area contributed by atoms with Gasteiger partial charge in [0, 0.05) is 35.8 Å². The van der Waals surface area contributed by atoms with Gasteiger partial charge < -0.3 is 10.1 Å². The molecule has 0 bridgehead atoms. The molecule has 0 aliphatic rings. The van der Waals surface area contributed by atoms with Crippen LogP contribution in [0.3, 0.4) is 0 Å². The number of H-pyrrole nitrogens is 2. The highest BCUT2D eigenvalue weighted by molar-refractivity contribution is 5.93. The van der Waals surface area contributed by atoms with E-state index in [-0.39, 0.29) is 5.75 Å². The van der Waals surface area contributed by atoms with Gasteiger partial charge in [-0.05, 0) is 24.3 Å². The normalized spacial score (nSPS) is 11.4. The van der Waals surface area contributed by atoms with Crippen LogP contribution in [-0.4, -0.2) is 35.2 Å². The minimum Gasteiger partial charge on any atom is -0.508 e. The molecule has 0 radical (unpaired) electrons. The smallest absolute Gasteiger partial charge is 0.159 e. The molecular formula is C18H12N6O. The number of phenols is 1. The summed E-state index contributed by atoms with van der Waals surface area (Å²) in [7, 11) is 0. The van der Waals surface area contributed by atoms with Gasteiger partial charge in [-0.2, -0.15) is 5.10 Å². The van der Waals surface area contributed by atoms with Crippen molar-refractivity contribution < 1.29 is 5.11 Å². The maximum Gasteiger partial charge on any atom is 0.159 e. The number of pyridine rings is 2. The number of aromatic amines is 2. The molecule has 7 nitrogen and oxygen atoms in total. The van der Waals surface area contributed by atoms with Crippen molar-refractivity contribution >= 4 is 22.1 Å². The van der Waals surface area contributed by atoms with Crippen molar-refractivity contribution in [3.05, 3.63) is 55.0 Å². The molecule has 1 aromatic carbocycles. The Bertz CT molecular complexity index is 1210. The van der Waals surface area contributed by atoms with Crippen LogP contribution in [0.1, 0.15) is 0 Å². The van der Waals surface area contributed by atoms with Gasteiger partial charge in [0.15, 0.2) is 11.5 Å². The van der Waals surface area contributed by atoms with E-state index in [0.29, 0.717) is 22.7 Å². The summed E-state index contributed by atoms with van der Waals surface area (Å²) in [6.45, 7) is 0. The standard InChI is InChI=1S/C18H12N6O/c25-12-3-4-14-15(7-12)22-18(21-14)16-13-6-11(9-20-17(13)24-23-16)10-2-1-5-19-8-10/h1-9,25H,(H,21,22)(H,20,23,24). The van der Waals surface area contributed by atoms with Gasteiger partial charge in [0.2, 0.25) is 0 Å². The van der Waals surface area contributed by atoms with E-state index in [4.69, 9.17) is 0 Å². The van der Waals surface area contributed by atoms with Gasteiger partial charge in [0.25, 0.3) is 0 Å². The van der Waals surface area contributed by atoms with Crippen LogP contribution in [0, 0.1) is 0 Å². The molecule has 0 atom stereocenters. The summed E-state index contributed by atoms with van der Waals surface area (Å²) in [5.74, 6) is 0.801. The minimum absolute atomic E-state index is 0.179. The molecule has 0 amide bonds. The predicted molar refractivity (Wildman–Crippen MR) is 93.9 cm³/mol. The number of benzene rings is 1. The third-order valence-corrected chi connectivity index (χ3v) is 4.10. The highest BCUT2D eigenvalue weighted by Gasteiger charge is 2.14. The largest absolute Gasteiger partial charge is 0.508 e. The second-order valence-corrected chi connectivity index (χ2v) is 5.72. The monoisotopic (exact) mass is 328 g/mol. The third-order valence-electron chi connectivity index (χ3n) is 4.10. The zero-order chi connectivity index (χ0) is 16.8. The Morgan fingerprint density at radius 1 is 1.00 bits per heavy atom. The Morgan fingerprint density at radius 2 is 1.96 bits per heavy atom. The average Bonchev–Trinajstić information content (AvgIpc) is 3.24. The fraction of sp³-hybridized carbons (Fsp3) is 0. The lowest BCUT2D eigenvalue weighted by Gasteiger charge is -2.00. The summed E-state index contributed by atoms with van der Waals surface area (Å²) in [5.41, 5.74) is 4.83. The molecule has 7 heteroatoms. The van der Waals surface area contributed by atoms with Crippen LogP contribution in [0.2, 0.25) is 0 Å². The molecule has 0 aliphatic carbocycles. The van der Waals surface area contributed by atoms with E-state index in [2.05, 4.69) is 30.1 Å². The van der Waals surface area contributed by atoms with Gasteiger partial charge in [0.05, 0.1) is 16.4 Å². The van der Waals surface area contributed by atoms with Crippen molar-refractivity contribution in [3.8, 4) is 28.4 Å². The second kappa shape index (κ2) is 5.13. The molecule has 25 heavy (non-hydrogen) atoms. The van der Waals surface area contributed by atoms with Crippen LogP contribution in [0.15, 0.2) is 55.0 Å². The SMILES string of the molecule is Oc1ccc2[nH]c(-c3n[nH]c4ncc(-c5cccnc5)cc34)nc2c1. The van der Waals surface area contributed by atoms with Crippen LogP contribution in [-0.2, 0) is 0 Å². The Morgan fingerprint density at radius 3 is 2.84 bits per heavy atom. The maximum absolute atomic E-state index is 9.61. The molecule has 0 saturated heterocycles. The van der Waals surface area contributed by atoms with Crippen molar-refractivity contribution in [2.24, 2.45) is 0 Å². The quantitative estimate of drug-likeness (QED) is 0.461. The molecule has 120 valence electrons. The number of phenolic OH excluding ortho intramolecular Hbond substituents is 1. The highest BCUT2D eigenvalue weighted by atomic mass is 16.3. The number of nitrogens with zero attached hydrogens (tertiary/aromatic N) is 4. The van der Waals surface area contributed by atoms with Gasteiger partial charge in [-0.3, -0.25) is 10.1 Å². The molecule has 5 aromatic rings. The zero-order valence-corrected chi connectivity index (χ0v) is 12.9. The van der Waals surface area contributed by atoms with Crippen LogP contribution in [0.4, 0.5) is 0 Å². The van der Waals surface area contributed by atoms with E-state index in [1.807, 2.05) is 18.2 Å². The molecule has 4 aromatic heterocycles. The van der Waals surface area contributed by atoms with Gasteiger partial charge in [-0.15, -0.1) is 0 Å². The summed E-state index contributed by atoms with van der Waals surface area (Å²) in [6.07, 6.45) is 5.33. The number of hydrogen-bond acceptors (Lipinski definition) is 5. The van der Waals surface area contributed by atoms with E-state index in [1.54, 1.807) is 36.8 Å². The Balaban J connectivity index is 1.70. The summed E-state index contributed by atoms with van der Waals surface area (Å²) >= 11 is 0. The lowest BCUT2D eigenvalue weighted by molar-refractivity contribution is 0.476. The van der Waals surface area contributed by atoms with Gasteiger partial charge in [0.1, 0.15) is 11.4 Å². The number of aromatic nitrogens is 6. The fourth-order valence-corrected chi connectivity index (χ4v) is 2.88. The molecule has 0 aliphatic heterocycles. The summed E-state index contributed by atoms with van der Waals surface area (Å²) in [6, 6.07) is 10.9. The fourth-order valence-electron chi connectivity index (χ4n) is 2.88. The molecule has 0 unspecified atom stereocenters. The van der Waals surface area contributed by atoms with Crippen LogP contribution in [0.5, 0.6) is 5.75 Å². The third kappa shape index (κ3) is 2.21. The van der Waals surface area contributed by atoms with E-state index < -0.39 is 0 Å². The first-order valence-corrected chi connectivity index (χ1v) is 7.71. The van der Waals surface area contributed by atoms with Crippen molar-refractivity contribution in [1.29, 1.82) is 0 Å². The summed E-state index contributed by atoms with van der Waals surface area (Å²) < 4.78 is 0. The van der Waals surface area contributed by atoms with E-state index >= 15 is 0 Å². The maximum atomic E-state index is 9.61. The number of rotatable bonds is 2. The van der Waals surface area contributed by atoms with Crippen molar-refractivity contribution in [1.82, 2.24) is 30.1 Å². The Hall–Kier alpha value is -3.74. The summed E-state index contributed by atoms with van der Waals surface area (Å²) in [4.78, 5) is 16.4. The molecule has 0 spiro atoms. The van der Waals surface area contributed by atoms with Gasteiger partial charge in [-0.1, -0.05) is 6.07 Å². The average molecular weight is 328 g/mol. The summed E-state index contributed by atoms with van der Waals surface area (Å²) in [5, 5.41) is 17.8. The zero-order valence-electron chi connectivity index (χ0n) is 12.9. The van der Waals surface area contributed by atoms with Crippen LogP contribution >= 0.6 is 0 Å². The van der Waals surface area contributed by atoms with Crippen molar-refractivity contribution in [3.63, 3.8) is 0 Å². The van der Waals surface area contributed by atoms with E-state index in [0.717, 1.165) is 22.0 Å². The molecule has 3 N–H and O–H groups in total. The lowest BCUT2D eigenvalue weighted by atomic mass is 10.1. The molecule has 5 rings (SSSR count). The number of aromatic hydroxyl groups is 1. The number of nitrogens with one attached hydrogen (secondary N) is 2. The van der Waals surface area contributed by atoms with E-state index in [1.165, 1.54) is 0 Å². The number of fused-ring (bicyclic) bond motifs is 2. The first-order chi connectivity index (χ1) is 12.3. The molecular weight excluding hydrogens is 316 g/mol. The first kappa shape index (κ1) is 13.7. The number of imidazole rings is 1. The first-order valence-electron chi connectivity index (χ1n) is 7.71. The van der Waals surface area contributed by atoms with Crippen molar-refractivity contribution in [2.75, 3.05) is 0 Å². The number of hydrogen-bond donors (Lipinski definition) is 3. The topological polar surface area (TPSA) is 103 Å². The minimum atomic E-state index is 0.179. The second-order valence-electron chi connectivity index (χ2n) is 5.72. The van der Waals surface area contributed by atoms with Gasteiger partial charge in [-0.25, -0.2) is 9.97 Å². The lowest BCUT2D eigenvalue weighted by Crippen LogP contribution is -1.84. The van der Waals surface area contributed by atoms with Gasteiger partial charge >= 0.3 is 0 Å². The Kier molecular flexibility index (Phi) is 2.81. The van der Waals surface area contributed by atoms with Crippen molar-refractivity contribution in [2.45, 2.75) is 0 Å². The Labute approximate surface area is 141 Å².